The highest BCUT2D eigenvalue weighted by Gasteiger charge is 2.24. The fourth-order valence-corrected chi connectivity index (χ4v) is 4.19. The average molecular weight is 365 g/mol. The van der Waals surface area contributed by atoms with Gasteiger partial charge in [0.1, 0.15) is 11.6 Å². The Hall–Kier alpha value is -1.92. The van der Waals surface area contributed by atoms with Crippen molar-refractivity contribution in [3.05, 3.63) is 59.4 Å². The van der Waals surface area contributed by atoms with Gasteiger partial charge in [0.15, 0.2) is 0 Å². The monoisotopic (exact) mass is 365 g/mol. The zero-order valence-electron chi connectivity index (χ0n) is 14.9. The summed E-state index contributed by atoms with van der Waals surface area (Å²) >= 11 is 0. The fraction of sp³-hybridized carbons (Fsp3) is 0.368. The molecule has 2 aromatic rings. The van der Waals surface area contributed by atoms with E-state index in [1.165, 1.54) is 12.1 Å². The standard InChI is InChI=1S/C19H24FNO3S/c1-13(2)11-18(15-5-8-17(24-4)9-6-15)21-25(22,23)19-10-7-16(20)12-14(19)3/h5-10,12-13,18,21H,11H2,1-4H3/t18-/m0/s1. The van der Waals surface area contributed by atoms with E-state index in [1.807, 2.05) is 26.0 Å². The van der Waals surface area contributed by atoms with Crippen LogP contribution >= 0.6 is 0 Å². The summed E-state index contributed by atoms with van der Waals surface area (Å²) in [6, 6.07) is 10.6. The maximum absolute atomic E-state index is 13.3. The molecule has 2 rings (SSSR count). The van der Waals surface area contributed by atoms with Gasteiger partial charge in [-0.3, -0.25) is 0 Å². The van der Waals surface area contributed by atoms with E-state index in [9.17, 15) is 12.8 Å². The van der Waals surface area contributed by atoms with Crippen molar-refractivity contribution in [1.82, 2.24) is 4.72 Å². The van der Waals surface area contributed by atoms with Crippen LogP contribution in [0.3, 0.4) is 0 Å². The SMILES string of the molecule is COc1ccc([C@H](CC(C)C)NS(=O)(=O)c2ccc(F)cc2C)cc1. The highest BCUT2D eigenvalue weighted by molar-refractivity contribution is 7.89. The Kier molecular flexibility index (Phi) is 6.19. The first kappa shape index (κ1) is 19.4. The highest BCUT2D eigenvalue weighted by Crippen LogP contribution is 2.26. The van der Waals surface area contributed by atoms with Crippen LogP contribution in [0.2, 0.25) is 0 Å². The van der Waals surface area contributed by atoms with Gasteiger partial charge in [0, 0.05) is 6.04 Å². The molecular weight excluding hydrogens is 341 g/mol. The minimum Gasteiger partial charge on any atom is -0.497 e. The van der Waals surface area contributed by atoms with Crippen molar-refractivity contribution in [1.29, 1.82) is 0 Å². The summed E-state index contributed by atoms with van der Waals surface area (Å²) in [5.41, 5.74) is 1.24. The number of rotatable bonds is 7. The molecule has 25 heavy (non-hydrogen) atoms. The van der Waals surface area contributed by atoms with Crippen LogP contribution in [0.1, 0.15) is 37.4 Å². The Morgan fingerprint density at radius 1 is 1.12 bits per heavy atom. The lowest BCUT2D eigenvalue weighted by Gasteiger charge is -2.22. The number of halogens is 1. The second kappa shape index (κ2) is 7.97. The number of hydrogen-bond acceptors (Lipinski definition) is 3. The Morgan fingerprint density at radius 3 is 2.28 bits per heavy atom. The van der Waals surface area contributed by atoms with E-state index >= 15 is 0 Å². The molecule has 4 nitrogen and oxygen atoms in total. The Morgan fingerprint density at radius 2 is 1.76 bits per heavy atom. The van der Waals surface area contributed by atoms with Gasteiger partial charge in [0.05, 0.1) is 12.0 Å². The minimum atomic E-state index is -3.76. The molecule has 0 radical (unpaired) electrons. The molecule has 1 N–H and O–H groups in total. The van der Waals surface area contributed by atoms with Gasteiger partial charge in [-0.25, -0.2) is 17.5 Å². The largest absolute Gasteiger partial charge is 0.497 e. The molecule has 0 bridgehead atoms. The summed E-state index contributed by atoms with van der Waals surface area (Å²) in [6.07, 6.45) is 0.645. The maximum Gasteiger partial charge on any atom is 0.241 e. The van der Waals surface area contributed by atoms with Crippen LogP contribution in [0.5, 0.6) is 5.75 Å². The number of sulfonamides is 1. The van der Waals surface area contributed by atoms with Gasteiger partial charge in [0.2, 0.25) is 10.0 Å². The summed E-state index contributed by atoms with van der Waals surface area (Å²) in [6.45, 7) is 5.66. The smallest absolute Gasteiger partial charge is 0.241 e. The molecule has 0 fully saturated rings. The second-order valence-electron chi connectivity index (χ2n) is 6.49. The summed E-state index contributed by atoms with van der Waals surface area (Å²) in [4.78, 5) is 0.0937. The molecular formula is C19H24FNO3S. The number of benzene rings is 2. The predicted molar refractivity (Wildman–Crippen MR) is 96.6 cm³/mol. The van der Waals surface area contributed by atoms with E-state index in [0.717, 1.165) is 11.6 Å². The molecule has 2 aromatic carbocycles. The Labute approximate surface area is 149 Å². The number of ether oxygens (including phenoxy) is 1. The molecule has 0 amide bonds. The van der Waals surface area contributed by atoms with Crippen molar-refractivity contribution in [2.75, 3.05) is 7.11 Å². The number of nitrogens with one attached hydrogen (secondary N) is 1. The molecule has 0 aliphatic carbocycles. The molecule has 0 spiro atoms. The number of methoxy groups -OCH3 is 1. The van der Waals surface area contributed by atoms with E-state index in [0.29, 0.717) is 23.7 Å². The van der Waals surface area contributed by atoms with Crippen LogP contribution in [0, 0.1) is 18.7 Å². The molecule has 0 aliphatic heterocycles. The van der Waals surface area contributed by atoms with E-state index in [1.54, 1.807) is 26.2 Å². The van der Waals surface area contributed by atoms with E-state index in [2.05, 4.69) is 4.72 Å². The molecule has 6 heteroatoms. The van der Waals surface area contributed by atoms with Gasteiger partial charge in [-0.15, -0.1) is 0 Å². The second-order valence-corrected chi connectivity index (χ2v) is 8.17. The fourth-order valence-electron chi connectivity index (χ4n) is 2.72. The molecule has 136 valence electrons. The first-order chi connectivity index (χ1) is 11.7. The molecule has 0 saturated heterocycles. The van der Waals surface area contributed by atoms with Crippen molar-refractivity contribution in [2.24, 2.45) is 5.92 Å². The predicted octanol–water partition coefficient (Wildman–Crippen LogP) is 4.21. The lowest BCUT2D eigenvalue weighted by molar-refractivity contribution is 0.414. The van der Waals surface area contributed by atoms with Gasteiger partial charge < -0.3 is 4.74 Å². The quantitative estimate of drug-likeness (QED) is 0.800. The lowest BCUT2D eigenvalue weighted by Crippen LogP contribution is -2.30. The molecule has 0 heterocycles. The van der Waals surface area contributed by atoms with E-state index < -0.39 is 15.8 Å². The minimum absolute atomic E-state index is 0.0937. The van der Waals surface area contributed by atoms with Gasteiger partial charge in [-0.05, 0) is 60.7 Å². The summed E-state index contributed by atoms with van der Waals surface area (Å²) in [7, 11) is -2.18. The van der Waals surface area contributed by atoms with E-state index in [4.69, 9.17) is 4.74 Å². The lowest BCUT2D eigenvalue weighted by atomic mass is 9.98. The Balaban J connectivity index is 2.34. The molecule has 0 aliphatic rings. The molecule has 0 saturated carbocycles. The van der Waals surface area contributed by atoms with Crippen LogP contribution in [0.4, 0.5) is 4.39 Å². The van der Waals surface area contributed by atoms with Crippen molar-refractivity contribution >= 4 is 10.0 Å². The van der Waals surface area contributed by atoms with Crippen LogP contribution in [-0.2, 0) is 10.0 Å². The van der Waals surface area contributed by atoms with Crippen LogP contribution in [-0.4, -0.2) is 15.5 Å². The first-order valence-corrected chi connectivity index (χ1v) is 9.63. The molecule has 1 atom stereocenters. The van der Waals surface area contributed by atoms with Crippen molar-refractivity contribution in [3.63, 3.8) is 0 Å². The third-order valence-corrected chi connectivity index (χ3v) is 5.58. The van der Waals surface area contributed by atoms with Gasteiger partial charge in [-0.1, -0.05) is 26.0 Å². The average Bonchev–Trinajstić information content (AvgIpc) is 2.53. The zero-order valence-corrected chi connectivity index (χ0v) is 15.7. The maximum atomic E-state index is 13.3. The van der Waals surface area contributed by atoms with Gasteiger partial charge >= 0.3 is 0 Å². The third kappa shape index (κ3) is 5.03. The summed E-state index contributed by atoms with van der Waals surface area (Å²) in [5, 5.41) is 0. The molecule has 0 unspecified atom stereocenters. The van der Waals surface area contributed by atoms with Crippen molar-refractivity contribution in [3.8, 4) is 5.75 Å². The summed E-state index contributed by atoms with van der Waals surface area (Å²) in [5.74, 6) is 0.554. The zero-order chi connectivity index (χ0) is 18.6. The van der Waals surface area contributed by atoms with Crippen molar-refractivity contribution < 1.29 is 17.5 Å². The number of hydrogen-bond donors (Lipinski definition) is 1. The summed E-state index contributed by atoms with van der Waals surface area (Å²) < 4.78 is 46.8. The third-order valence-electron chi connectivity index (χ3n) is 3.95. The van der Waals surface area contributed by atoms with Gasteiger partial charge in [0.25, 0.3) is 0 Å². The van der Waals surface area contributed by atoms with Crippen LogP contribution in [0.25, 0.3) is 0 Å². The normalized spacial score (nSPS) is 13.0. The van der Waals surface area contributed by atoms with Crippen LogP contribution < -0.4 is 9.46 Å². The first-order valence-electron chi connectivity index (χ1n) is 8.15. The topological polar surface area (TPSA) is 55.4 Å². The van der Waals surface area contributed by atoms with Crippen LogP contribution in [0.15, 0.2) is 47.4 Å². The van der Waals surface area contributed by atoms with E-state index in [-0.39, 0.29) is 10.9 Å². The van der Waals surface area contributed by atoms with Crippen molar-refractivity contribution in [2.45, 2.75) is 38.1 Å². The number of aryl methyl sites for hydroxylation is 1. The Bertz CT molecular complexity index is 817. The molecule has 0 aromatic heterocycles. The van der Waals surface area contributed by atoms with Gasteiger partial charge in [-0.2, -0.15) is 0 Å². The highest BCUT2D eigenvalue weighted by atomic mass is 32.2.